The van der Waals surface area contributed by atoms with Crippen LogP contribution in [0.3, 0.4) is 0 Å². The number of nitrogens with zero attached hydrogens (tertiary/aromatic N) is 1. The van der Waals surface area contributed by atoms with Crippen LogP contribution in [0.2, 0.25) is 5.15 Å². The Balaban J connectivity index is 2.19. The molecule has 102 valence electrons. The van der Waals surface area contributed by atoms with Crippen molar-refractivity contribution in [1.82, 2.24) is 4.98 Å². The molecule has 2 aromatic rings. The number of aromatic hydroxyl groups is 1. The van der Waals surface area contributed by atoms with Gasteiger partial charge in [-0.3, -0.25) is 9.59 Å². The number of anilines is 1. The molecule has 5 nitrogen and oxygen atoms in total. The van der Waals surface area contributed by atoms with E-state index in [1.807, 2.05) is 0 Å². The van der Waals surface area contributed by atoms with Crippen molar-refractivity contribution in [2.24, 2.45) is 0 Å². The number of ketones is 1. The Bertz CT molecular complexity index is 669. The van der Waals surface area contributed by atoms with Crippen molar-refractivity contribution >= 4 is 29.0 Å². The number of pyridine rings is 1. The van der Waals surface area contributed by atoms with Gasteiger partial charge in [-0.15, -0.1) is 0 Å². The summed E-state index contributed by atoms with van der Waals surface area (Å²) >= 11 is 5.63. The molecule has 0 unspecified atom stereocenters. The molecular formula is C14H11ClN2O3. The molecule has 1 aromatic heterocycles. The van der Waals surface area contributed by atoms with E-state index in [2.05, 4.69) is 10.3 Å². The molecule has 2 rings (SSSR count). The van der Waals surface area contributed by atoms with E-state index in [0.29, 0.717) is 11.1 Å². The minimum absolute atomic E-state index is 0.167. The molecule has 1 heterocycles. The van der Waals surface area contributed by atoms with Crippen molar-refractivity contribution in [3.63, 3.8) is 0 Å². The second-order valence-corrected chi connectivity index (χ2v) is 4.50. The van der Waals surface area contributed by atoms with Crippen LogP contribution in [0.4, 0.5) is 5.69 Å². The van der Waals surface area contributed by atoms with Crippen LogP contribution in [0.5, 0.6) is 5.75 Å². The molecule has 20 heavy (non-hydrogen) atoms. The van der Waals surface area contributed by atoms with Crippen LogP contribution < -0.4 is 5.32 Å². The fraction of sp³-hybridized carbons (Fsp3) is 0.0714. The Morgan fingerprint density at radius 1 is 1.20 bits per heavy atom. The van der Waals surface area contributed by atoms with Crippen molar-refractivity contribution in [2.75, 3.05) is 5.32 Å². The number of rotatable bonds is 3. The van der Waals surface area contributed by atoms with Gasteiger partial charge in [0.25, 0.3) is 5.91 Å². The molecule has 2 N–H and O–H groups in total. The first kappa shape index (κ1) is 14.0. The number of hydrogen-bond acceptors (Lipinski definition) is 4. The van der Waals surface area contributed by atoms with E-state index >= 15 is 0 Å². The molecular weight excluding hydrogens is 280 g/mol. The van der Waals surface area contributed by atoms with E-state index in [1.54, 1.807) is 0 Å². The predicted molar refractivity (Wildman–Crippen MR) is 75.3 cm³/mol. The van der Waals surface area contributed by atoms with Crippen molar-refractivity contribution in [1.29, 1.82) is 0 Å². The normalized spacial score (nSPS) is 10.1. The summed E-state index contributed by atoms with van der Waals surface area (Å²) in [7, 11) is 0. The van der Waals surface area contributed by atoms with E-state index in [1.165, 1.54) is 43.5 Å². The quantitative estimate of drug-likeness (QED) is 0.517. The van der Waals surface area contributed by atoms with E-state index in [-0.39, 0.29) is 22.4 Å². The number of amides is 1. The zero-order chi connectivity index (χ0) is 14.7. The van der Waals surface area contributed by atoms with E-state index in [4.69, 9.17) is 11.6 Å². The zero-order valence-corrected chi connectivity index (χ0v) is 11.3. The first-order valence-corrected chi connectivity index (χ1v) is 6.12. The molecule has 0 saturated heterocycles. The molecule has 0 saturated carbocycles. The Hall–Kier alpha value is -2.40. The molecule has 0 radical (unpaired) electrons. The van der Waals surface area contributed by atoms with Crippen LogP contribution in [-0.4, -0.2) is 21.8 Å². The molecule has 1 amide bonds. The zero-order valence-electron chi connectivity index (χ0n) is 10.6. The van der Waals surface area contributed by atoms with Crippen molar-refractivity contribution in [2.45, 2.75) is 6.92 Å². The summed E-state index contributed by atoms with van der Waals surface area (Å²) < 4.78 is 0. The summed E-state index contributed by atoms with van der Waals surface area (Å²) in [6.45, 7) is 1.40. The number of halogens is 1. The number of carbonyl (C=O) groups excluding carboxylic acids is 2. The highest BCUT2D eigenvalue weighted by molar-refractivity contribution is 6.29. The molecule has 0 aliphatic rings. The number of aromatic nitrogens is 1. The number of phenols is 1. The van der Waals surface area contributed by atoms with Gasteiger partial charge in [0.1, 0.15) is 10.9 Å². The van der Waals surface area contributed by atoms with Crippen LogP contribution in [0.25, 0.3) is 0 Å². The maximum absolute atomic E-state index is 11.9. The van der Waals surface area contributed by atoms with Gasteiger partial charge in [0.2, 0.25) is 0 Å². The largest absolute Gasteiger partial charge is 0.506 e. The van der Waals surface area contributed by atoms with Crippen LogP contribution in [-0.2, 0) is 0 Å². The van der Waals surface area contributed by atoms with Crippen LogP contribution >= 0.6 is 11.6 Å². The summed E-state index contributed by atoms with van der Waals surface area (Å²) in [5.41, 5.74) is 0.896. The molecule has 0 aliphatic carbocycles. The number of hydrogen-bond donors (Lipinski definition) is 2. The fourth-order valence-corrected chi connectivity index (χ4v) is 1.67. The van der Waals surface area contributed by atoms with Gasteiger partial charge in [0, 0.05) is 11.8 Å². The molecule has 6 heteroatoms. The summed E-state index contributed by atoms with van der Waals surface area (Å²) in [4.78, 5) is 26.9. The maximum Gasteiger partial charge on any atom is 0.257 e. The minimum Gasteiger partial charge on any atom is -0.506 e. The van der Waals surface area contributed by atoms with Gasteiger partial charge >= 0.3 is 0 Å². The van der Waals surface area contributed by atoms with Gasteiger partial charge < -0.3 is 10.4 Å². The van der Waals surface area contributed by atoms with Gasteiger partial charge in [-0.25, -0.2) is 4.98 Å². The lowest BCUT2D eigenvalue weighted by atomic mass is 10.1. The van der Waals surface area contributed by atoms with Crippen molar-refractivity contribution in [3.8, 4) is 5.75 Å². The van der Waals surface area contributed by atoms with E-state index in [9.17, 15) is 14.7 Å². The Kier molecular flexibility index (Phi) is 4.00. The average Bonchev–Trinajstić information content (AvgIpc) is 2.41. The first-order chi connectivity index (χ1) is 9.47. The molecule has 1 aromatic carbocycles. The lowest BCUT2D eigenvalue weighted by Crippen LogP contribution is -2.12. The van der Waals surface area contributed by atoms with Crippen LogP contribution in [0.1, 0.15) is 27.6 Å². The number of carbonyl (C=O) groups is 2. The Morgan fingerprint density at radius 2 is 1.90 bits per heavy atom. The Labute approximate surface area is 120 Å². The third kappa shape index (κ3) is 3.13. The smallest absolute Gasteiger partial charge is 0.257 e. The second-order valence-electron chi connectivity index (χ2n) is 4.11. The van der Waals surface area contributed by atoms with Crippen LogP contribution in [0.15, 0.2) is 36.5 Å². The van der Waals surface area contributed by atoms with Crippen LogP contribution in [0, 0.1) is 0 Å². The number of phenolic OH excluding ortho intramolecular Hbond substituents is 1. The van der Waals surface area contributed by atoms with Gasteiger partial charge in [0.15, 0.2) is 5.78 Å². The summed E-state index contributed by atoms with van der Waals surface area (Å²) in [5, 5.41) is 12.6. The predicted octanol–water partition coefficient (Wildman–Crippen LogP) is 2.90. The Morgan fingerprint density at radius 3 is 2.45 bits per heavy atom. The standard InChI is InChI=1S/C14H11ClN2O3/c1-8(18)9-2-4-11(12(19)6-9)17-14(20)10-3-5-13(15)16-7-10/h2-7,19H,1H3,(H,17,20). The summed E-state index contributed by atoms with van der Waals surface area (Å²) in [6, 6.07) is 7.31. The molecule has 0 fully saturated rings. The third-order valence-corrected chi connectivity index (χ3v) is 2.87. The monoisotopic (exact) mass is 290 g/mol. The fourth-order valence-electron chi connectivity index (χ4n) is 1.56. The topological polar surface area (TPSA) is 79.3 Å². The number of nitrogens with one attached hydrogen (secondary N) is 1. The summed E-state index contributed by atoms with van der Waals surface area (Å²) in [5.74, 6) is -0.770. The SMILES string of the molecule is CC(=O)c1ccc(NC(=O)c2ccc(Cl)nc2)c(O)c1. The number of benzene rings is 1. The van der Waals surface area contributed by atoms with E-state index in [0.717, 1.165) is 0 Å². The first-order valence-electron chi connectivity index (χ1n) is 5.74. The average molecular weight is 291 g/mol. The lowest BCUT2D eigenvalue weighted by molar-refractivity contribution is 0.101. The van der Waals surface area contributed by atoms with Gasteiger partial charge in [0.05, 0.1) is 11.3 Å². The van der Waals surface area contributed by atoms with Gasteiger partial charge in [-0.1, -0.05) is 11.6 Å². The van der Waals surface area contributed by atoms with Crippen molar-refractivity contribution < 1.29 is 14.7 Å². The second kappa shape index (κ2) is 5.71. The van der Waals surface area contributed by atoms with E-state index < -0.39 is 5.91 Å². The van der Waals surface area contributed by atoms with Crippen molar-refractivity contribution in [3.05, 3.63) is 52.8 Å². The van der Waals surface area contributed by atoms with Gasteiger partial charge in [-0.2, -0.15) is 0 Å². The molecule has 0 atom stereocenters. The molecule has 0 bridgehead atoms. The molecule has 0 spiro atoms. The highest BCUT2D eigenvalue weighted by Crippen LogP contribution is 2.25. The highest BCUT2D eigenvalue weighted by atomic mass is 35.5. The lowest BCUT2D eigenvalue weighted by Gasteiger charge is -2.08. The minimum atomic E-state index is -0.431. The molecule has 0 aliphatic heterocycles. The third-order valence-electron chi connectivity index (χ3n) is 2.64. The highest BCUT2D eigenvalue weighted by Gasteiger charge is 2.11. The summed E-state index contributed by atoms with van der Waals surface area (Å²) in [6.07, 6.45) is 1.33. The van der Waals surface area contributed by atoms with Gasteiger partial charge in [-0.05, 0) is 37.3 Å². The number of Topliss-reactive ketones (excluding diaryl/α,β-unsaturated/α-hetero) is 1. The maximum atomic E-state index is 11.9.